The molecule has 0 radical (unpaired) electrons. The Morgan fingerprint density at radius 3 is 1.94 bits per heavy atom. The van der Waals surface area contributed by atoms with Crippen molar-refractivity contribution in [2.24, 2.45) is 41.3 Å². The molecule has 1 aromatic rings. The normalized spacial score (nSPS) is 54.6. The molecule has 0 aromatic heterocycles. The molecule has 2 fully saturated rings. The fraction of sp³-hybridized carbons (Fsp3) is 0.517. The summed E-state index contributed by atoms with van der Waals surface area (Å²) in [5, 5.41) is 11.6. The topological polar surface area (TPSA) is 110 Å². The number of carbonyl (C=O) groups is 4. The van der Waals surface area contributed by atoms with Crippen molar-refractivity contribution in [3.8, 4) is 0 Å². The molecule has 1 amide bonds. The molecule has 0 heterocycles. The molecule has 7 rings (SSSR count). The summed E-state index contributed by atoms with van der Waals surface area (Å²) in [6, 6.07) is 2.91. The minimum atomic E-state index is -3.22. The number of hydrogen-bond acceptors (Lipinski definition) is 5. The highest BCUT2D eigenvalue weighted by atomic mass is 16.5. The van der Waals surface area contributed by atoms with Gasteiger partial charge in [0.05, 0.1) is 11.4 Å². The number of rotatable bonds is 6. The van der Waals surface area contributed by atoms with E-state index in [2.05, 4.69) is 5.32 Å². The van der Waals surface area contributed by atoms with Gasteiger partial charge in [0, 0.05) is 34.3 Å². The lowest BCUT2D eigenvalue weighted by molar-refractivity contribution is -0.151. The minimum absolute atomic E-state index is 0.151. The quantitative estimate of drug-likeness (QED) is 0.544. The lowest BCUT2D eigenvalue weighted by Crippen LogP contribution is -2.54. The van der Waals surface area contributed by atoms with Gasteiger partial charge in [0.1, 0.15) is 18.2 Å². The Morgan fingerprint density at radius 1 is 0.889 bits per heavy atom. The number of fused-ring (bicyclic) bond motifs is 4. The van der Waals surface area contributed by atoms with Crippen LogP contribution in [0.25, 0.3) is 0 Å². The van der Waals surface area contributed by atoms with Crippen molar-refractivity contribution in [1.82, 2.24) is 5.32 Å². The maximum absolute atomic E-state index is 12.4. The molecule has 4 bridgehead atoms. The van der Waals surface area contributed by atoms with E-state index in [0.717, 1.165) is 13.8 Å². The average molecular weight is 510 g/mol. The number of nitrogens with one attached hydrogen (secondary N) is 1. The number of carboxylic acids is 1. The van der Waals surface area contributed by atoms with E-state index in [-0.39, 0.29) is 6.61 Å². The predicted octanol–water partition coefficient (Wildman–Crippen LogP) is 4.57. The van der Waals surface area contributed by atoms with E-state index in [1.807, 2.05) is 0 Å². The fourth-order valence-corrected chi connectivity index (χ4v) is 4.14. The van der Waals surface area contributed by atoms with Gasteiger partial charge in [0.15, 0.2) is 0 Å². The second-order valence-electron chi connectivity index (χ2n) is 8.33. The van der Waals surface area contributed by atoms with E-state index in [1.165, 1.54) is 0 Å². The Kier molecular flexibility index (Phi) is 3.85. The summed E-state index contributed by atoms with van der Waals surface area (Å²) in [5.41, 5.74) is 0.652. The lowest BCUT2D eigenvalue weighted by Gasteiger charge is -2.43. The van der Waals surface area contributed by atoms with Crippen molar-refractivity contribution < 1.29 is 51.0 Å². The van der Waals surface area contributed by atoms with Crippen LogP contribution in [0.4, 0.5) is 4.79 Å². The van der Waals surface area contributed by atoms with Crippen molar-refractivity contribution >= 4 is 23.6 Å². The number of allylic oxidation sites excluding steroid dienone is 3. The zero-order chi connectivity index (χ0) is 40.2. The van der Waals surface area contributed by atoms with E-state index < -0.39 is 121 Å². The molecular formula is C29H35NO6. The van der Waals surface area contributed by atoms with E-state index in [0.29, 0.717) is 5.56 Å². The van der Waals surface area contributed by atoms with Crippen LogP contribution in [0.1, 0.15) is 66.8 Å². The molecule has 8 atom stereocenters. The first kappa shape index (κ1) is 12.3. The smallest absolute Gasteiger partial charge is 0.407 e. The van der Waals surface area contributed by atoms with Gasteiger partial charge in [0.2, 0.25) is 0 Å². The number of hydrogen-bond donors (Lipinski definition) is 2. The summed E-state index contributed by atoms with van der Waals surface area (Å²) in [6.45, 7) is 1.79. The Morgan fingerprint density at radius 2 is 1.39 bits per heavy atom. The standard InChI is InChI=1S/C18H21NO3.C11H14O3/c1-12(20)16-14-7-9-15(10-8-14)17(16)19-18(21)22-11-13-5-3-2-4-6-13;1-6(12)9-7-2-4-8(5-3-7)10(9)11(13)14/h2-7,9,14-17H,8,10-11H2,1H3,(H,19,21);2,4,7-10H,3,5H2,1H3,(H,13,14)/t14?,15-,16-,17-;7?,8-,9-,10-/m00/s1/i7D,8D2,9D,10D2,14D,15D;2D,3D2,4D,5D2,7D,8D. The van der Waals surface area contributed by atoms with E-state index in [4.69, 9.17) is 26.7 Å². The molecule has 7 nitrogen and oxygen atoms in total. The highest BCUT2D eigenvalue weighted by Crippen LogP contribution is 2.45. The Balaban J connectivity index is 0.000000244. The number of aliphatic carboxylic acids is 1. The number of alkyl carbamates (subject to hydrolysis) is 1. The van der Waals surface area contributed by atoms with Crippen LogP contribution in [0.3, 0.4) is 0 Å². The van der Waals surface area contributed by atoms with Gasteiger partial charge >= 0.3 is 12.1 Å². The Bertz CT molecular complexity index is 1740. The van der Waals surface area contributed by atoms with Gasteiger partial charge in [-0.2, -0.15) is 0 Å². The van der Waals surface area contributed by atoms with Gasteiger partial charge in [-0.3, -0.25) is 14.4 Å². The Hall–Kier alpha value is -3.22. The van der Waals surface area contributed by atoms with Crippen molar-refractivity contribution in [2.45, 2.75) is 52.0 Å². The summed E-state index contributed by atoms with van der Waals surface area (Å²) in [7, 11) is 0. The van der Waals surface area contributed by atoms with Crippen LogP contribution in [0, 0.1) is 41.3 Å². The predicted molar refractivity (Wildman–Crippen MR) is 134 cm³/mol. The molecule has 2 N–H and O–H groups in total. The summed E-state index contributed by atoms with van der Waals surface area (Å²) in [4.78, 5) is 48.2. The van der Waals surface area contributed by atoms with Gasteiger partial charge in [-0.25, -0.2) is 4.79 Å². The summed E-state index contributed by atoms with van der Waals surface area (Å²) >= 11 is 0. The number of ketones is 2. The van der Waals surface area contributed by atoms with Crippen molar-refractivity contribution in [1.29, 1.82) is 0 Å². The van der Waals surface area contributed by atoms with Crippen LogP contribution in [0.15, 0.2) is 54.5 Å². The van der Waals surface area contributed by atoms with Crippen molar-refractivity contribution in [2.75, 3.05) is 0 Å². The van der Waals surface area contributed by atoms with E-state index in [1.54, 1.807) is 30.3 Å². The second kappa shape index (κ2) is 11.2. The molecule has 2 unspecified atom stereocenters. The maximum atomic E-state index is 12.4. The molecule has 6 aliphatic rings. The van der Waals surface area contributed by atoms with Crippen LogP contribution in [0.5, 0.6) is 0 Å². The first-order valence-electron chi connectivity index (χ1n) is 19.0. The lowest BCUT2D eigenvalue weighted by atomic mass is 9.61. The highest BCUT2D eigenvalue weighted by Gasteiger charge is 2.47. The molecule has 1 aromatic carbocycles. The summed E-state index contributed by atoms with van der Waals surface area (Å²) in [5.74, 6) is -20.7. The van der Waals surface area contributed by atoms with Crippen LogP contribution < -0.4 is 5.32 Å². The van der Waals surface area contributed by atoms with Crippen molar-refractivity contribution in [3.63, 3.8) is 0 Å². The number of carboxylic acid groups (broad SMARTS) is 1. The number of benzene rings is 1. The molecule has 2 saturated carbocycles. The molecule has 36 heavy (non-hydrogen) atoms. The van der Waals surface area contributed by atoms with Crippen LogP contribution in [-0.4, -0.2) is 34.8 Å². The third-order valence-electron chi connectivity index (χ3n) is 5.87. The molecular weight excluding hydrogens is 458 g/mol. The Labute approximate surface area is 234 Å². The number of carbonyl (C=O) groups excluding carboxylic acids is 3. The summed E-state index contributed by atoms with van der Waals surface area (Å²) < 4.78 is 135. The van der Waals surface area contributed by atoms with Crippen LogP contribution in [0.2, 0.25) is 0 Å². The maximum Gasteiger partial charge on any atom is 0.407 e. The van der Waals surface area contributed by atoms with E-state index >= 15 is 0 Å². The zero-order valence-electron chi connectivity index (χ0n) is 35.4. The monoisotopic (exact) mass is 509 g/mol. The minimum Gasteiger partial charge on any atom is -0.481 e. The molecule has 7 heteroatoms. The van der Waals surface area contributed by atoms with Crippen LogP contribution >= 0.6 is 0 Å². The first-order chi connectivity index (χ1) is 23.4. The first-order valence-corrected chi connectivity index (χ1v) is 11.0. The molecule has 0 aliphatic heterocycles. The van der Waals surface area contributed by atoms with Gasteiger partial charge in [-0.15, -0.1) is 0 Å². The van der Waals surface area contributed by atoms with Crippen molar-refractivity contribution in [3.05, 3.63) is 60.1 Å². The average Bonchev–Trinajstić information content (AvgIpc) is 3.04. The third-order valence-corrected chi connectivity index (χ3v) is 5.87. The molecule has 192 valence electrons. The summed E-state index contributed by atoms with van der Waals surface area (Å²) in [6.07, 6.45) is -13.8. The number of amides is 1. The number of Topliss-reactive ketones (excluding diaryl/α,β-unsaturated/α-hetero) is 2. The molecule has 6 aliphatic carbocycles. The molecule has 0 spiro atoms. The third kappa shape index (κ3) is 5.61. The molecule has 0 saturated heterocycles. The van der Waals surface area contributed by atoms with Crippen LogP contribution in [-0.2, 0) is 25.7 Å². The largest absolute Gasteiger partial charge is 0.481 e. The van der Waals surface area contributed by atoms with Gasteiger partial charge in [-0.1, -0.05) is 54.5 Å². The SMILES string of the molecule is [2H]C1=C([2H])[C@]2([2H])[C@H](C(=O)O)[C@@H](C(C)=O)C1([2H])C([2H])([2H])C2([2H])[2H].[2H]C1=C([2H])[C@]2([2H])[C@H](NC(=O)OCc3ccccc3)[C@@H](C(C)=O)C1([2H])C([2H])([2H])C2([2H])[2H]. The van der Waals surface area contributed by atoms with Gasteiger partial charge in [-0.05, 0) is 68.5 Å². The second-order valence-corrected chi connectivity index (χ2v) is 8.33. The zero-order valence-corrected chi connectivity index (χ0v) is 19.4. The van der Waals surface area contributed by atoms with E-state index in [9.17, 15) is 24.3 Å². The number of ether oxygens (including phenoxy) is 1. The fourth-order valence-electron chi connectivity index (χ4n) is 4.14. The van der Waals surface area contributed by atoms with Gasteiger partial charge in [0.25, 0.3) is 0 Å². The van der Waals surface area contributed by atoms with Gasteiger partial charge < -0.3 is 15.2 Å². The highest BCUT2D eigenvalue weighted by molar-refractivity contribution is 5.86.